The lowest BCUT2D eigenvalue weighted by Crippen LogP contribution is -2.54. The summed E-state index contributed by atoms with van der Waals surface area (Å²) in [5.74, 6) is 0.827. The van der Waals surface area contributed by atoms with E-state index in [0.29, 0.717) is 25.2 Å². The van der Waals surface area contributed by atoms with E-state index in [2.05, 4.69) is 21.9 Å². The van der Waals surface area contributed by atoms with E-state index < -0.39 is 0 Å². The lowest BCUT2D eigenvalue weighted by atomic mass is 9.98. The summed E-state index contributed by atoms with van der Waals surface area (Å²) in [5, 5.41) is 6.31. The number of rotatable bonds is 4. The maximum Gasteiger partial charge on any atom is 0.254 e. The molecule has 3 heterocycles. The summed E-state index contributed by atoms with van der Waals surface area (Å²) in [6, 6.07) is 10.2. The number of hydrogen-bond acceptors (Lipinski definition) is 5. The average Bonchev–Trinajstić information content (AvgIpc) is 3.22. The zero-order chi connectivity index (χ0) is 21.9. The summed E-state index contributed by atoms with van der Waals surface area (Å²) < 4.78 is 12.8. The number of nitrogens with zero attached hydrogens (tertiary/aromatic N) is 3. The van der Waals surface area contributed by atoms with Crippen LogP contribution in [0.15, 0.2) is 34.9 Å². The Bertz CT molecular complexity index is 1310. The fourth-order valence-electron chi connectivity index (χ4n) is 4.72. The summed E-state index contributed by atoms with van der Waals surface area (Å²) in [6.07, 6.45) is 0.139. The highest BCUT2D eigenvalue weighted by Gasteiger charge is 2.31. The molecule has 0 spiro atoms. The molecule has 7 nitrogen and oxygen atoms in total. The summed E-state index contributed by atoms with van der Waals surface area (Å²) in [7, 11) is 3.71. The van der Waals surface area contributed by atoms with Gasteiger partial charge < -0.3 is 24.5 Å². The molecule has 0 unspecified atom stereocenters. The fraction of sp³-hybridized carbons (Fsp3) is 0.333. The van der Waals surface area contributed by atoms with Crippen LogP contribution in [0.5, 0.6) is 0 Å². The number of carbonyl (C=O) groups is 1. The number of ether oxygens (including phenoxy) is 1. The van der Waals surface area contributed by atoms with Crippen LogP contribution in [0.1, 0.15) is 27.4 Å². The molecule has 7 heteroatoms. The molecule has 0 radical (unpaired) electrons. The van der Waals surface area contributed by atoms with Crippen LogP contribution in [0, 0.1) is 13.8 Å². The quantitative estimate of drug-likeness (QED) is 0.548. The van der Waals surface area contributed by atoms with E-state index >= 15 is 0 Å². The largest absolute Gasteiger partial charge is 0.378 e. The molecule has 160 valence electrons. The minimum Gasteiger partial charge on any atom is -0.378 e. The van der Waals surface area contributed by atoms with E-state index in [-0.39, 0.29) is 12.0 Å². The highest BCUT2D eigenvalue weighted by molar-refractivity contribution is 6.12. The van der Waals surface area contributed by atoms with E-state index in [0.717, 1.165) is 50.0 Å². The zero-order valence-corrected chi connectivity index (χ0v) is 18.2. The molecule has 0 aliphatic carbocycles. The summed E-state index contributed by atoms with van der Waals surface area (Å²) >= 11 is 0. The van der Waals surface area contributed by atoms with Crippen LogP contribution in [0.4, 0.5) is 0 Å². The SMILES string of the molecule is COC1CN(C(=O)c2ccc3c4cc(-c5c(C)noc5C)cc(CN)c4n(C)c3c2)C1. The van der Waals surface area contributed by atoms with Crippen LogP contribution in [-0.2, 0) is 18.3 Å². The number of fused-ring (bicyclic) bond motifs is 3. The van der Waals surface area contributed by atoms with Gasteiger partial charge in [-0.3, -0.25) is 4.79 Å². The third-order valence-electron chi connectivity index (χ3n) is 6.43. The van der Waals surface area contributed by atoms with Crippen LogP contribution in [0.25, 0.3) is 32.9 Å². The van der Waals surface area contributed by atoms with Crippen molar-refractivity contribution in [1.29, 1.82) is 0 Å². The van der Waals surface area contributed by atoms with Gasteiger partial charge in [0.05, 0.1) is 17.3 Å². The number of benzene rings is 2. The van der Waals surface area contributed by atoms with Crippen molar-refractivity contribution < 1.29 is 14.1 Å². The van der Waals surface area contributed by atoms with Crippen molar-refractivity contribution >= 4 is 27.7 Å². The van der Waals surface area contributed by atoms with E-state index in [4.69, 9.17) is 15.0 Å². The standard InChI is InChI=1S/C24H26N4O3/c1-13-22(14(2)31-26-13)16-7-17(10-25)23-20(8-16)19-6-5-15(9-21(19)27(23)3)24(29)28-11-18(12-28)30-4/h5-9,18H,10-12,25H2,1-4H3. The van der Waals surface area contributed by atoms with Crippen LogP contribution < -0.4 is 5.73 Å². The maximum atomic E-state index is 12.9. The third kappa shape index (κ3) is 2.96. The Hall–Kier alpha value is -3.16. The maximum absolute atomic E-state index is 12.9. The number of hydrogen-bond donors (Lipinski definition) is 1. The van der Waals surface area contributed by atoms with Gasteiger partial charge in [-0.25, -0.2) is 0 Å². The van der Waals surface area contributed by atoms with Gasteiger partial charge in [0.25, 0.3) is 5.91 Å². The Labute approximate surface area is 180 Å². The Morgan fingerprint density at radius 2 is 2.00 bits per heavy atom. The number of aromatic nitrogens is 2. The molecule has 0 atom stereocenters. The molecule has 1 saturated heterocycles. The van der Waals surface area contributed by atoms with Gasteiger partial charge in [-0.2, -0.15) is 0 Å². The first kappa shape index (κ1) is 19.8. The minimum absolute atomic E-state index is 0.0379. The molecule has 4 aromatic rings. The first-order valence-electron chi connectivity index (χ1n) is 10.4. The second-order valence-electron chi connectivity index (χ2n) is 8.29. The van der Waals surface area contributed by atoms with Gasteiger partial charge >= 0.3 is 0 Å². The summed E-state index contributed by atoms with van der Waals surface area (Å²) in [4.78, 5) is 14.7. The van der Waals surface area contributed by atoms with Crippen LogP contribution in [-0.4, -0.2) is 46.8 Å². The van der Waals surface area contributed by atoms with Crippen LogP contribution in [0.3, 0.4) is 0 Å². The average molecular weight is 418 g/mol. The van der Waals surface area contributed by atoms with Gasteiger partial charge in [0.2, 0.25) is 0 Å². The lowest BCUT2D eigenvalue weighted by molar-refractivity contribution is -0.0191. The lowest BCUT2D eigenvalue weighted by Gasteiger charge is -2.38. The highest BCUT2D eigenvalue weighted by Crippen LogP contribution is 2.37. The molecule has 2 N–H and O–H groups in total. The normalized spacial score (nSPS) is 14.5. The van der Waals surface area contributed by atoms with E-state index in [1.54, 1.807) is 7.11 Å². The number of carbonyl (C=O) groups excluding carboxylic acids is 1. The second-order valence-corrected chi connectivity index (χ2v) is 8.29. The van der Waals surface area contributed by atoms with Gasteiger partial charge in [-0.15, -0.1) is 0 Å². The molecule has 0 bridgehead atoms. The van der Waals surface area contributed by atoms with Crippen LogP contribution >= 0.6 is 0 Å². The predicted octanol–water partition coefficient (Wildman–Crippen LogP) is 3.53. The van der Waals surface area contributed by atoms with Gasteiger partial charge in [-0.05, 0) is 49.2 Å². The summed E-state index contributed by atoms with van der Waals surface area (Å²) in [5.41, 5.74) is 12.9. The van der Waals surface area contributed by atoms with Crippen molar-refractivity contribution in [1.82, 2.24) is 14.6 Å². The number of methoxy groups -OCH3 is 1. The van der Waals surface area contributed by atoms with Crippen LogP contribution in [0.2, 0.25) is 0 Å². The molecule has 1 aliphatic heterocycles. The molecule has 5 rings (SSSR count). The van der Waals surface area contributed by atoms with E-state index in [1.807, 2.05) is 44.0 Å². The van der Waals surface area contributed by atoms with E-state index in [1.165, 1.54) is 0 Å². The van der Waals surface area contributed by atoms with Crippen molar-refractivity contribution in [2.75, 3.05) is 20.2 Å². The topological polar surface area (TPSA) is 86.5 Å². The Morgan fingerprint density at radius 3 is 2.65 bits per heavy atom. The Balaban J connectivity index is 1.66. The molecule has 1 amide bonds. The Morgan fingerprint density at radius 1 is 1.23 bits per heavy atom. The zero-order valence-electron chi connectivity index (χ0n) is 18.2. The van der Waals surface area contributed by atoms with Gasteiger partial charge in [0.15, 0.2) is 0 Å². The molecular weight excluding hydrogens is 392 g/mol. The number of aryl methyl sites for hydroxylation is 3. The number of amides is 1. The second kappa shape index (κ2) is 7.21. The smallest absolute Gasteiger partial charge is 0.254 e. The van der Waals surface area contributed by atoms with Crippen molar-refractivity contribution in [2.45, 2.75) is 26.5 Å². The Kier molecular flexibility index (Phi) is 4.60. The third-order valence-corrected chi connectivity index (χ3v) is 6.43. The molecule has 2 aromatic heterocycles. The summed E-state index contributed by atoms with van der Waals surface area (Å²) in [6.45, 7) is 5.56. The monoisotopic (exact) mass is 418 g/mol. The first-order chi connectivity index (χ1) is 14.9. The van der Waals surface area contributed by atoms with Gasteiger partial charge in [0, 0.05) is 61.2 Å². The molecule has 2 aromatic carbocycles. The molecule has 31 heavy (non-hydrogen) atoms. The van der Waals surface area contributed by atoms with E-state index in [9.17, 15) is 4.79 Å². The molecular formula is C24H26N4O3. The first-order valence-corrected chi connectivity index (χ1v) is 10.4. The van der Waals surface area contributed by atoms with Crippen molar-refractivity contribution in [3.05, 3.63) is 52.9 Å². The van der Waals surface area contributed by atoms with Crippen molar-refractivity contribution in [3.8, 4) is 11.1 Å². The number of likely N-dealkylation sites (tertiary alicyclic amines) is 1. The van der Waals surface area contributed by atoms with Crippen molar-refractivity contribution in [3.63, 3.8) is 0 Å². The molecule has 0 saturated carbocycles. The molecule has 1 aliphatic rings. The fourth-order valence-corrected chi connectivity index (χ4v) is 4.72. The number of nitrogens with two attached hydrogens (primary N) is 1. The predicted molar refractivity (Wildman–Crippen MR) is 120 cm³/mol. The van der Waals surface area contributed by atoms with Crippen molar-refractivity contribution in [2.24, 2.45) is 12.8 Å². The van der Waals surface area contributed by atoms with Gasteiger partial charge in [-0.1, -0.05) is 11.2 Å². The van der Waals surface area contributed by atoms with Gasteiger partial charge in [0.1, 0.15) is 5.76 Å². The highest BCUT2D eigenvalue weighted by atomic mass is 16.5. The molecule has 1 fully saturated rings. The minimum atomic E-state index is 0.0379.